The van der Waals surface area contributed by atoms with Crippen LogP contribution in [0.4, 0.5) is 4.39 Å². The quantitative estimate of drug-likeness (QED) is 0.683. The number of carboxylic acids is 1. The summed E-state index contributed by atoms with van der Waals surface area (Å²) in [7, 11) is 0. The molecular weight excluding hydrogens is 333 g/mol. The number of rotatable bonds is 6. The molecule has 0 spiro atoms. The minimum atomic E-state index is -1.24. The summed E-state index contributed by atoms with van der Waals surface area (Å²) in [6, 6.07) is 3.08. The van der Waals surface area contributed by atoms with Gasteiger partial charge in [-0.25, -0.2) is 9.18 Å². The minimum absolute atomic E-state index is 0.0971. The normalized spacial score (nSPS) is 12.3. The molecule has 0 bridgehead atoms. The Morgan fingerprint density at radius 3 is 2.75 bits per heavy atom. The highest BCUT2D eigenvalue weighted by atomic mass is 79.9. The van der Waals surface area contributed by atoms with Gasteiger partial charge in [0.25, 0.3) is 0 Å². The maximum absolute atomic E-state index is 13.4. The molecule has 1 unspecified atom stereocenters. The third-order valence-electron chi connectivity index (χ3n) is 2.40. The molecule has 0 aromatic heterocycles. The fourth-order valence-electron chi connectivity index (χ4n) is 1.41. The van der Waals surface area contributed by atoms with E-state index in [4.69, 9.17) is 10.2 Å². The molecule has 0 radical (unpaired) electrons. The summed E-state index contributed by atoms with van der Waals surface area (Å²) < 4.78 is 14.1. The molecule has 0 saturated heterocycles. The van der Waals surface area contributed by atoms with E-state index >= 15 is 0 Å². The number of amides is 1. The first-order valence-corrected chi connectivity index (χ1v) is 6.50. The molecule has 5 nitrogen and oxygen atoms in total. The average molecular weight is 346 g/mol. The number of aliphatic hydroxyl groups is 1. The summed E-state index contributed by atoms with van der Waals surface area (Å²) in [5.74, 6) is -2.41. The van der Waals surface area contributed by atoms with Crippen LogP contribution in [0.25, 0.3) is 6.08 Å². The van der Waals surface area contributed by atoms with Crippen LogP contribution in [0.2, 0.25) is 0 Å². The lowest BCUT2D eigenvalue weighted by atomic mass is 10.2. The molecular formula is C13H13BrFNO4. The van der Waals surface area contributed by atoms with E-state index < -0.39 is 23.7 Å². The van der Waals surface area contributed by atoms with Crippen LogP contribution < -0.4 is 5.32 Å². The number of carbonyl (C=O) groups is 2. The van der Waals surface area contributed by atoms with Gasteiger partial charge < -0.3 is 15.5 Å². The van der Waals surface area contributed by atoms with Crippen LogP contribution in [0.15, 0.2) is 28.7 Å². The number of halogens is 2. The second-order valence-corrected chi connectivity index (χ2v) is 4.83. The van der Waals surface area contributed by atoms with Crippen molar-refractivity contribution < 1.29 is 24.2 Å². The SMILES string of the molecule is O=C(/C=C/c1cc(Br)ccc1F)NC(CCO)C(=O)O. The number of aliphatic hydroxyl groups excluding tert-OH is 1. The Kier molecular flexibility index (Phi) is 6.33. The van der Waals surface area contributed by atoms with Crippen molar-refractivity contribution in [3.05, 3.63) is 40.1 Å². The van der Waals surface area contributed by atoms with Crippen LogP contribution in [-0.4, -0.2) is 34.7 Å². The van der Waals surface area contributed by atoms with Crippen LogP contribution in [0.1, 0.15) is 12.0 Å². The molecule has 3 N–H and O–H groups in total. The van der Waals surface area contributed by atoms with Gasteiger partial charge in [-0.05, 0) is 24.3 Å². The zero-order chi connectivity index (χ0) is 15.1. The van der Waals surface area contributed by atoms with E-state index in [9.17, 15) is 14.0 Å². The summed E-state index contributed by atoms with van der Waals surface area (Å²) in [6.07, 6.45) is 2.19. The Bertz CT molecular complexity index is 533. The molecule has 7 heteroatoms. The van der Waals surface area contributed by atoms with E-state index in [1.165, 1.54) is 24.3 Å². The van der Waals surface area contributed by atoms with Crippen molar-refractivity contribution in [2.45, 2.75) is 12.5 Å². The van der Waals surface area contributed by atoms with Crippen molar-refractivity contribution in [3.63, 3.8) is 0 Å². The Balaban J connectivity index is 2.72. The molecule has 0 saturated carbocycles. The highest BCUT2D eigenvalue weighted by Crippen LogP contribution is 2.16. The van der Waals surface area contributed by atoms with Crippen LogP contribution in [-0.2, 0) is 9.59 Å². The molecule has 0 fully saturated rings. The van der Waals surface area contributed by atoms with Crippen LogP contribution in [0, 0.1) is 5.82 Å². The number of aliphatic carboxylic acids is 1. The van der Waals surface area contributed by atoms with Gasteiger partial charge in [-0.3, -0.25) is 4.79 Å². The third kappa shape index (κ3) is 5.10. The van der Waals surface area contributed by atoms with Crippen molar-refractivity contribution in [3.8, 4) is 0 Å². The summed E-state index contributed by atoms with van der Waals surface area (Å²) in [5.41, 5.74) is 0.198. The molecule has 0 aliphatic carbocycles. The number of hydrogen-bond donors (Lipinski definition) is 3. The van der Waals surface area contributed by atoms with Gasteiger partial charge in [-0.1, -0.05) is 15.9 Å². The molecule has 20 heavy (non-hydrogen) atoms. The maximum Gasteiger partial charge on any atom is 0.326 e. The second-order valence-electron chi connectivity index (χ2n) is 3.91. The molecule has 0 heterocycles. The fraction of sp³-hybridized carbons (Fsp3) is 0.231. The monoisotopic (exact) mass is 345 g/mol. The highest BCUT2D eigenvalue weighted by Gasteiger charge is 2.17. The van der Waals surface area contributed by atoms with Crippen molar-refractivity contribution in [1.29, 1.82) is 0 Å². The number of carbonyl (C=O) groups excluding carboxylic acids is 1. The van der Waals surface area contributed by atoms with Gasteiger partial charge in [0.15, 0.2) is 0 Å². The number of nitrogens with one attached hydrogen (secondary N) is 1. The second kappa shape index (κ2) is 7.76. The van der Waals surface area contributed by atoms with Crippen LogP contribution >= 0.6 is 15.9 Å². The Hall–Kier alpha value is -1.73. The van der Waals surface area contributed by atoms with Gasteiger partial charge in [0.2, 0.25) is 5.91 Å². The molecule has 0 aliphatic heterocycles. The van der Waals surface area contributed by atoms with Crippen molar-refractivity contribution in [2.24, 2.45) is 0 Å². The van der Waals surface area contributed by atoms with E-state index in [2.05, 4.69) is 21.2 Å². The molecule has 1 aromatic rings. The molecule has 1 amide bonds. The van der Waals surface area contributed by atoms with Crippen LogP contribution in [0.5, 0.6) is 0 Å². The summed E-state index contributed by atoms with van der Waals surface area (Å²) in [6.45, 7) is -0.360. The highest BCUT2D eigenvalue weighted by molar-refractivity contribution is 9.10. The van der Waals surface area contributed by atoms with Gasteiger partial charge >= 0.3 is 5.97 Å². The van der Waals surface area contributed by atoms with Gasteiger partial charge in [-0.2, -0.15) is 0 Å². The summed E-state index contributed by atoms with van der Waals surface area (Å²) in [4.78, 5) is 22.3. The van der Waals surface area contributed by atoms with E-state index in [1.54, 1.807) is 0 Å². The lowest BCUT2D eigenvalue weighted by molar-refractivity contribution is -0.141. The smallest absolute Gasteiger partial charge is 0.326 e. The van der Waals surface area contributed by atoms with Gasteiger partial charge in [0.05, 0.1) is 0 Å². The number of benzene rings is 1. The predicted molar refractivity (Wildman–Crippen MR) is 74.4 cm³/mol. The molecule has 108 valence electrons. The Labute approximate surface area is 123 Å². The van der Waals surface area contributed by atoms with E-state index in [-0.39, 0.29) is 18.6 Å². The lowest BCUT2D eigenvalue weighted by Crippen LogP contribution is -2.40. The first-order valence-electron chi connectivity index (χ1n) is 5.71. The zero-order valence-corrected chi connectivity index (χ0v) is 11.9. The van der Waals surface area contributed by atoms with Crippen molar-refractivity contribution in [1.82, 2.24) is 5.32 Å². The molecule has 1 aromatic carbocycles. The topological polar surface area (TPSA) is 86.6 Å². The first-order chi connectivity index (χ1) is 9.43. The first kappa shape index (κ1) is 16.3. The number of hydrogen-bond acceptors (Lipinski definition) is 3. The number of carboxylic acid groups (broad SMARTS) is 1. The Morgan fingerprint density at radius 2 is 2.15 bits per heavy atom. The third-order valence-corrected chi connectivity index (χ3v) is 2.90. The predicted octanol–water partition coefficient (Wildman–Crippen LogP) is 1.55. The Morgan fingerprint density at radius 1 is 1.45 bits per heavy atom. The molecule has 0 aliphatic rings. The van der Waals surface area contributed by atoms with E-state index in [0.717, 1.165) is 6.08 Å². The summed E-state index contributed by atoms with van der Waals surface area (Å²) >= 11 is 3.18. The minimum Gasteiger partial charge on any atom is -0.480 e. The fourth-order valence-corrected chi connectivity index (χ4v) is 1.79. The largest absolute Gasteiger partial charge is 0.480 e. The summed E-state index contributed by atoms with van der Waals surface area (Å²) in [5, 5.41) is 19.7. The maximum atomic E-state index is 13.4. The average Bonchev–Trinajstić information content (AvgIpc) is 2.39. The molecule has 1 rings (SSSR count). The standard InChI is InChI=1S/C13H13BrFNO4/c14-9-2-3-10(15)8(7-9)1-4-12(18)16-11(5-6-17)13(19)20/h1-4,7,11,17H,5-6H2,(H,16,18)(H,19,20)/b4-1+. The van der Waals surface area contributed by atoms with E-state index in [1.807, 2.05) is 0 Å². The van der Waals surface area contributed by atoms with Crippen molar-refractivity contribution >= 4 is 33.9 Å². The van der Waals surface area contributed by atoms with Crippen molar-refractivity contribution in [2.75, 3.05) is 6.61 Å². The zero-order valence-electron chi connectivity index (χ0n) is 10.3. The lowest BCUT2D eigenvalue weighted by Gasteiger charge is -2.11. The van der Waals surface area contributed by atoms with Gasteiger partial charge in [0, 0.05) is 29.1 Å². The van der Waals surface area contributed by atoms with Gasteiger partial charge in [-0.15, -0.1) is 0 Å². The van der Waals surface area contributed by atoms with Gasteiger partial charge in [0.1, 0.15) is 11.9 Å². The molecule has 1 atom stereocenters. The van der Waals surface area contributed by atoms with E-state index in [0.29, 0.717) is 4.47 Å². The van der Waals surface area contributed by atoms with Crippen LogP contribution in [0.3, 0.4) is 0 Å².